The van der Waals surface area contributed by atoms with Crippen LogP contribution >= 0.6 is 23.2 Å². The molecule has 9 heteroatoms. The number of aromatic nitrogens is 1. The first-order valence-electron chi connectivity index (χ1n) is 11.2. The Balaban J connectivity index is 1.35. The zero-order chi connectivity index (χ0) is 24.4. The molecule has 2 aliphatic rings. The first-order valence-corrected chi connectivity index (χ1v) is 11.9. The van der Waals surface area contributed by atoms with Gasteiger partial charge in [-0.3, -0.25) is 20.1 Å². The monoisotopic (exact) mass is 511 g/mol. The van der Waals surface area contributed by atoms with Crippen molar-refractivity contribution < 1.29 is 19.1 Å². The number of hydrogen-bond acceptors (Lipinski definition) is 6. The van der Waals surface area contributed by atoms with E-state index in [1.807, 2.05) is 43.3 Å². The molecular weight excluding hydrogens is 489 g/mol. The Morgan fingerprint density at radius 2 is 1.89 bits per heavy atom. The van der Waals surface area contributed by atoms with E-state index in [0.29, 0.717) is 22.7 Å². The van der Waals surface area contributed by atoms with E-state index in [1.54, 1.807) is 18.2 Å². The van der Waals surface area contributed by atoms with E-state index in [9.17, 15) is 4.79 Å². The summed E-state index contributed by atoms with van der Waals surface area (Å²) in [4.78, 5) is 22.7. The minimum absolute atomic E-state index is 0.163. The zero-order valence-corrected chi connectivity index (χ0v) is 20.4. The number of rotatable bonds is 8. The maximum Gasteiger partial charge on any atom is 0.255 e. The van der Waals surface area contributed by atoms with Gasteiger partial charge in [0.2, 0.25) is 0 Å². The highest BCUT2D eigenvalue weighted by molar-refractivity contribution is 6.39. The fourth-order valence-electron chi connectivity index (χ4n) is 3.53. The van der Waals surface area contributed by atoms with Gasteiger partial charge >= 0.3 is 0 Å². The highest BCUT2D eigenvalue weighted by Gasteiger charge is 2.32. The van der Waals surface area contributed by atoms with E-state index >= 15 is 0 Å². The summed E-state index contributed by atoms with van der Waals surface area (Å²) in [5.74, 6) is 0.632. The van der Waals surface area contributed by atoms with Gasteiger partial charge in [-0.25, -0.2) is 0 Å². The molecule has 7 nitrogen and oxygen atoms in total. The predicted molar refractivity (Wildman–Crippen MR) is 135 cm³/mol. The molecule has 1 amide bonds. The number of ether oxygens (including phenoxy) is 2. The van der Waals surface area contributed by atoms with Crippen molar-refractivity contribution >= 4 is 40.5 Å². The summed E-state index contributed by atoms with van der Waals surface area (Å²) < 4.78 is 12.2. The van der Waals surface area contributed by atoms with Crippen LogP contribution in [0.15, 0.2) is 67.0 Å². The Hall–Kier alpha value is -3.26. The molecule has 1 aromatic heterocycles. The van der Waals surface area contributed by atoms with Crippen molar-refractivity contribution in [3.63, 3.8) is 0 Å². The summed E-state index contributed by atoms with van der Waals surface area (Å²) in [5, 5.41) is 3.23. The lowest BCUT2D eigenvalue weighted by Gasteiger charge is -2.22. The maximum absolute atomic E-state index is 13.0. The number of anilines is 1. The number of amides is 1. The molecule has 180 valence electrons. The van der Waals surface area contributed by atoms with Crippen molar-refractivity contribution in [2.45, 2.75) is 31.5 Å². The number of nitrogens with zero attached hydrogens (tertiary/aromatic N) is 1. The van der Waals surface area contributed by atoms with E-state index in [0.717, 1.165) is 24.1 Å². The van der Waals surface area contributed by atoms with Gasteiger partial charge in [-0.1, -0.05) is 53.5 Å². The molecule has 2 heterocycles. The number of pyridine rings is 1. The molecule has 3 aromatic rings. The van der Waals surface area contributed by atoms with Gasteiger partial charge in [0.25, 0.3) is 5.91 Å². The Bertz CT molecular complexity index is 1260. The van der Waals surface area contributed by atoms with Crippen molar-refractivity contribution in [3.05, 3.63) is 88.2 Å². The van der Waals surface area contributed by atoms with Crippen molar-refractivity contribution in [1.29, 1.82) is 0 Å². The molecule has 1 atom stereocenters. The molecule has 1 fully saturated rings. The van der Waals surface area contributed by atoms with Crippen LogP contribution in [0.3, 0.4) is 0 Å². The van der Waals surface area contributed by atoms with Crippen LogP contribution in [0.5, 0.6) is 11.5 Å². The highest BCUT2D eigenvalue weighted by atomic mass is 35.5. The molecule has 2 N–H and O–H groups in total. The zero-order valence-electron chi connectivity index (χ0n) is 18.9. The maximum atomic E-state index is 13.0. The lowest BCUT2D eigenvalue weighted by molar-refractivity contribution is -0.0477. The third kappa shape index (κ3) is 5.53. The Labute approximate surface area is 213 Å². The second-order valence-electron chi connectivity index (χ2n) is 8.64. The van der Waals surface area contributed by atoms with Gasteiger partial charge < -0.3 is 14.8 Å². The van der Waals surface area contributed by atoms with Gasteiger partial charge in [0.15, 0.2) is 11.5 Å². The average molecular weight is 512 g/mol. The number of benzene rings is 2. The summed E-state index contributed by atoms with van der Waals surface area (Å²) in [5.41, 5.74) is 4.80. The third-order valence-electron chi connectivity index (χ3n) is 5.56. The van der Waals surface area contributed by atoms with Gasteiger partial charge in [-0.05, 0) is 49.6 Å². The fraction of sp³-hybridized carbons (Fsp3) is 0.231. The Morgan fingerprint density at radius 3 is 2.60 bits per heavy atom. The average Bonchev–Trinajstić information content (AvgIpc) is 3.59. The van der Waals surface area contributed by atoms with Crippen molar-refractivity contribution in [3.8, 4) is 11.5 Å². The summed E-state index contributed by atoms with van der Waals surface area (Å²) in [6.45, 7) is 2.12. The highest BCUT2D eigenvalue weighted by Crippen LogP contribution is 2.36. The second kappa shape index (κ2) is 9.77. The van der Waals surface area contributed by atoms with Crippen LogP contribution in [-0.2, 0) is 4.84 Å². The summed E-state index contributed by atoms with van der Waals surface area (Å²) >= 11 is 12.3. The number of hydrogen-bond donors (Lipinski definition) is 2. The molecular formula is C26H23Cl2N3O4. The first-order chi connectivity index (χ1) is 16.9. The van der Waals surface area contributed by atoms with E-state index in [4.69, 9.17) is 37.5 Å². The van der Waals surface area contributed by atoms with Crippen LogP contribution in [0, 0.1) is 0 Å². The molecule has 0 bridgehead atoms. The number of hydroxylamine groups is 1. The normalized spacial score (nSPS) is 19.0. The fourth-order valence-corrected chi connectivity index (χ4v) is 3.99. The van der Waals surface area contributed by atoms with Crippen LogP contribution < -0.4 is 20.3 Å². The van der Waals surface area contributed by atoms with E-state index in [-0.39, 0.29) is 28.7 Å². The molecule has 0 spiro atoms. The smallest absolute Gasteiger partial charge is 0.255 e. The third-order valence-corrected chi connectivity index (χ3v) is 6.13. The summed E-state index contributed by atoms with van der Waals surface area (Å²) in [7, 11) is 0. The first kappa shape index (κ1) is 23.5. The van der Waals surface area contributed by atoms with Crippen LogP contribution in [0.2, 0.25) is 10.0 Å². The van der Waals surface area contributed by atoms with Gasteiger partial charge in [-0.15, -0.1) is 0 Å². The minimum Gasteiger partial charge on any atom is -0.487 e. The van der Waals surface area contributed by atoms with Gasteiger partial charge in [-0.2, -0.15) is 0 Å². The molecule has 5 rings (SSSR count). The van der Waals surface area contributed by atoms with Crippen LogP contribution in [-0.4, -0.2) is 29.2 Å². The van der Waals surface area contributed by atoms with Gasteiger partial charge in [0.1, 0.15) is 12.2 Å². The molecule has 1 aliphatic carbocycles. The number of halogens is 2. The van der Waals surface area contributed by atoms with Crippen molar-refractivity contribution in [1.82, 2.24) is 10.5 Å². The standard InChI is InChI=1S/C26H23Cl2N3O4/c1-26(12-21(31-35-26)16-5-3-2-4-6-16)15-33-23-11-17(7-10-22(23)34-18-8-9-18)25(32)30-24-19(27)13-29-14-20(24)28/h2-7,10-14,18,31H,8-9,15H2,1H3,(H,29,30,32). The predicted octanol–water partition coefficient (Wildman–Crippen LogP) is 5.90. The van der Waals surface area contributed by atoms with Gasteiger partial charge in [0.05, 0.1) is 27.5 Å². The SMILES string of the molecule is CC1(COc2cc(C(=O)Nc3c(Cl)cncc3Cl)ccc2OC2CC2)C=C(c2ccccc2)NO1. The van der Waals surface area contributed by atoms with E-state index < -0.39 is 5.60 Å². The minimum atomic E-state index is -0.724. The lowest BCUT2D eigenvalue weighted by Crippen LogP contribution is -2.33. The topological polar surface area (TPSA) is 81.7 Å². The largest absolute Gasteiger partial charge is 0.487 e. The van der Waals surface area contributed by atoms with Crippen molar-refractivity contribution in [2.75, 3.05) is 11.9 Å². The molecule has 35 heavy (non-hydrogen) atoms. The molecule has 1 aliphatic heterocycles. The lowest BCUT2D eigenvalue weighted by atomic mass is 10.0. The van der Waals surface area contributed by atoms with Crippen LogP contribution in [0.4, 0.5) is 5.69 Å². The van der Waals surface area contributed by atoms with Crippen LogP contribution in [0.1, 0.15) is 35.7 Å². The molecule has 1 unspecified atom stereocenters. The van der Waals surface area contributed by atoms with E-state index in [1.165, 1.54) is 12.4 Å². The summed E-state index contributed by atoms with van der Waals surface area (Å²) in [6.07, 6.45) is 6.96. The number of nitrogens with one attached hydrogen (secondary N) is 2. The Morgan fingerprint density at radius 1 is 1.14 bits per heavy atom. The van der Waals surface area contributed by atoms with Crippen molar-refractivity contribution in [2.24, 2.45) is 0 Å². The molecule has 2 aromatic carbocycles. The molecule has 0 saturated heterocycles. The van der Waals surface area contributed by atoms with Gasteiger partial charge in [0, 0.05) is 18.0 Å². The number of carbonyl (C=O) groups is 1. The Kier molecular flexibility index (Phi) is 6.56. The number of carbonyl (C=O) groups excluding carboxylic acids is 1. The summed E-state index contributed by atoms with van der Waals surface area (Å²) in [6, 6.07) is 14.9. The molecule has 1 saturated carbocycles. The second-order valence-corrected chi connectivity index (χ2v) is 9.45. The quantitative estimate of drug-likeness (QED) is 0.392. The van der Waals surface area contributed by atoms with Crippen LogP contribution in [0.25, 0.3) is 5.70 Å². The molecule has 0 radical (unpaired) electrons. The van der Waals surface area contributed by atoms with E-state index in [2.05, 4.69) is 15.8 Å².